The van der Waals surface area contributed by atoms with Crippen molar-refractivity contribution in [3.63, 3.8) is 0 Å². The lowest BCUT2D eigenvalue weighted by Crippen LogP contribution is -2.39. The fourth-order valence-corrected chi connectivity index (χ4v) is 4.22. The molecule has 0 spiro atoms. The van der Waals surface area contributed by atoms with E-state index in [1.54, 1.807) is 0 Å². The Morgan fingerprint density at radius 1 is 1.57 bits per heavy atom. The van der Waals surface area contributed by atoms with Crippen LogP contribution in [0.4, 0.5) is 0 Å². The van der Waals surface area contributed by atoms with Crippen LogP contribution in [0.3, 0.4) is 0 Å². The summed E-state index contributed by atoms with van der Waals surface area (Å²) in [6.07, 6.45) is 0. The minimum atomic E-state index is 0.731. The molecule has 1 fully saturated rings. The summed E-state index contributed by atoms with van der Waals surface area (Å²) in [6.45, 7) is 4.69. The van der Waals surface area contributed by atoms with E-state index in [2.05, 4.69) is 51.6 Å². The average Bonchev–Trinajstić information content (AvgIpc) is 2.56. The predicted octanol–water partition coefficient (Wildman–Crippen LogP) is 3.45. The molecule has 2 rings (SSSR count). The number of thioether (sulfide) groups is 1. The van der Waals surface area contributed by atoms with Crippen LogP contribution in [0.2, 0.25) is 0 Å². The zero-order valence-corrected chi connectivity index (χ0v) is 11.4. The van der Waals surface area contributed by atoms with Crippen LogP contribution in [0, 0.1) is 0 Å². The Kier molecular flexibility index (Phi) is 3.93. The Bertz CT molecular complexity index is 300. The van der Waals surface area contributed by atoms with E-state index < -0.39 is 0 Å². The van der Waals surface area contributed by atoms with Crippen molar-refractivity contribution in [3.8, 4) is 0 Å². The monoisotopic (exact) mass is 291 g/mol. The summed E-state index contributed by atoms with van der Waals surface area (Å²) in [5.41, 5.74) is 0. The molecule has 1 unspecified atom stereocenters. The Morgan fingerprint density at radius 3 is 3.07 bits per heavy atom. The highest BCUT2D eigenvalue weighted by molar-refractivity contribution is 9.11. The van der Waals surface area contributed by atoms with Crippen molar-refractivity contribution in [1.29, 1.82) is 0 Å². The molecule has 0 aromatic carbocycles. The maximum Gasteiger partial charge on any atom is 0.0701 e. The van der Waals surface area contributed by atoms with Gasteiger partial charge in [-0.1, -0.05) is 0 Å². The molecule has 1 saturated heterocycles. The molecule has 0 N–H and O–H groups in total. The first-order valence-corrected chi connectivity index (χ1v) is 7.58. The Balaban J connectivity index is 1.95. The van der Waals surface area contributed by atoms with Crippen LogP contribution in [0.15, 0.2) is 15.9 Å². The van der Waals surface area contributed by atoms with Gasteiger partial charge in [0.15, 0.2) is 0 Å². The fourth-order valence-electron chi connectivity index (χ4n) is 1.63. The summed E-state index contributed by atoms with van der Waals surface area (Å²) in [4.78, 5) is 4.05. The van der Waals surface area contributed by atoms with Crippen molar-refractivity contribution in [3.05, 3.63) is 20.8 Å². The van der Waals surface area contributed by atoms with Gasteiger partial charge in [-0.3, -0.25) is 4.90 Å². The number of hydrogen-bond acceptors (Lipinski definition) is 3. The second-order valence-corrected chi connectivity index (χ2v) is 7.30. The molecule has 14 heavy (non-hydrogen) atoms. The Labute approximate surface area is 102 Å². The van der Waals surface area contributed by atoms with Gasteiger partial charge in [0.2, 0.25) is 0 Å². The van der Waals surface area contributed by atoms with Crippen LogP contribution in [0.1, 0.15) is 11.8 Å². The molecule has 78 valence electrons. The molecular weight excluding hydrogens is 278 g/mol. The molecule has 2 heterocycles. The summed E-state index contributed by atoms with van der Waals surface area (Å²) in [5.74, 6) is 2.57. The van der Waals surface area contributed by atoms with Crippen molar-refractivity contribution >= 4 is 39.0 Å². The van der Waals surface area contributed by atoms with Gasteiger partial charge in [0.25, 0.3) is 0 Å². The maximum absolute atomic E-state index is 3.51. The van der Waals surface area contributed by atoms with Crippen LogP contribution < -0.4 is 0 Å². The molecule has 0 aliphatic carbocycles. The highest BCUT2D eigenvalue weighted by Crippen LogP contribution is 2.25. The normalized spacial score (nSPS) is 24.0. The highest BCUT2D eigenvalue weighted by atomic mass is 79.9. The standard InChI is InChI=1S/C10H14BrNS2/c1-8-7-13-5-4-12(8)6-9-2-3-10(11)14-9/h2-3,8H,4-7H2,1H3. The molecule has 0 saturated carbocycles. The van der Waals surface area contributed by atoms with Crippen LogP contribution in [-0.2, 0) is 6.54 Å². The third-order valence-electron chi connectivity index (χ3n) is 2.49. The van der Waals surface area contributed by atoms with E-state index in [4.69, 9.17) is 0 Å². The van der Waals surface area contributed by atoms with Crippen LogP contribution >= 0.6 is 39.0 Å². The van der Waals surface area contributed by atoms with Gasteiger partial charge < -0.3 is 0 Å². The van der Waals surface area contributed by atoms with Gasteiger partial charge in [-0.15, -0.1) is 11.3 Å². The predicted molar refractivity (Wildman–Crippen MR) is 69.2 cm³/mol. The highest BCUT2D eigenvalue weighted by Gasteiger charge is 2.18. The molecule has 1 atom stereocenters. The third-order valence-corrected chi connectivity index (χ3v) is 5.29. The van der Waals surface area contributed by atoms with Gasteiger partial charge in [0, 0.05) is 35.5 Å². The van der Waals surface area contributed by atoms with Gasteiger partial charge in [-0.05, 0) is 35.0 Å². The number of thiophene rings is 1. The van der Waals surface area contributed by atoms with Gasteiger partial charge >= 0.3 is 0 Å². The minimum absolute atomic E-state index is 0.731. The Morgan fingerprint density at radius 2 is 2.43 bits per heavy atom. The van der Waals surface area contributed by atoms with Crippen molar-refractivity contribution in [2.45, 2.75) is 19.5 Å². The maximum atomic E-state index is 3.51. The van der Waals surface area contributed by atoms with E-state index in [0.29, 0.717) is 0 Å². The van der Waals surface area contributed by atoms with E-state index in [1.807, 2.05) is 11.3 Å². The van der Waals surface area contributed by atoms with Gasteiger partial charge in [0.1, 0.15) is 0 Å². The fraction of sp³-hybridized carbons (Fsp3) is 0.600. The second kappa shape index (κ2) is 5.01. The van der Waals surface area contributed by atoms with Crippen LogP contribution in [-0.4, -0.2) is 29.0 Å². The van der Waals surface area contributed by atoms with Crippen molar-refractivity contribution in [2.24, 2.45) is 0 Å². The largest absolute Gasteiger partial charge is 0.294 e. The van der Waals surface area contributed by atoms with Crippen molar-refractivity contribution in [2.75, 3.05) is 18.1 Å². The zero-order valence-electron chi connectivity index (χ0n) is 8.20. The molecule has 1 aliphatic heterocycles. The summed E-state index contributed by atoms with van der Waals surface area (Å²) in [5, 5.41) is 0. The topological polar surface area (TPSA) is 3.24 Å². The molecule has 0 bridgehead atoms. The zero-order chi connectivity index (χ0) is 9.97. The second-order valence-electron chi connectivity index (χ2n) is 3.60. The molecule has 1 aliphatic rings. The SMILES string of the molecule is CC1CSCCN1Cc1ccc(Br)s1. The number of nitrogens with zero attached hydrogens (tertiary/aromatic N) is 1. The molecule has 1 nitrogen and oxygen atoms in total. The molecule has 0 amide bonds. The first-order chi connectivity index (χ1) is 6.75. The lowest BCUT2D eigenvalue weighted by atomic mass is 10.3. The van der Waals surface area contributed by atoms with Crippen molar-refractivity contribution in [1.82, 2.24) is 4.90 Å². The first kappa shape index (κ1) is 11.0. The van der Waals surface area contributed by atoms with Crippen molar-refractivity contribution < 1.29 is 0 Å². The minimum Gasteiger partial charge on any atom is -0.294 e. The summed E-state index contributed by atoms with van der Waals surface area (Å²) >= 11 is 7.43. The number of rotatable bonds is 2. The van der Waals surface area contributed by atoms with Gasteiger partial charge in [0.05, 0.1) is 3.79 Å². The summed E-state index contributed by atoms with van der Waals surface area (Å²) in [7, 11) is 0. The van der Waals surface area contributed by atoms with E-state index >= 15 is 0 Å². The van der Waals surface area contributed by atoms with E-state index in [0.717, 1.165) is 12.6 Å². The lowest BCUT2D eigenvalue weighted by molar-refractivity contribution is 0.226. The van der Waals surface area contributed by atoms with E-state index in [9.17, 15) is 0 Å². The Hall–Kier alpha value is 0.490. The average molecular weight is 292 g/mol. The van der Waals surface area contributed by atoms with E-state index in [-0.39, 0.29) is 0 Å². The van der Waals surface area contributed by atoms with Gasteiger partial charge in [-0.2, -0.15) is 11.8 Å². The molecular formula is C10H14BrNS2. The van der Waals surface area contributed by atoms with E-state index in [1.165, 1.54) is 26.7 Å². The number of halogens is 1. The smallest absolute Gasteiger partial charge is 0.0701 e. The lowest BCUT2D eigenvalue weighted by Gasteiger charge is -2.32. The summed E-state index contributed by atoms with van der Waals surface area (Å²) in [6, 6.07) is 5.10. The quantitative estimate of drug-likeness (QED) is 0.821. The molecule has 1 aromatic rings. The van der Waals surface area contributed by atoms with Gasteiger partial charge in [-0.25, -0.2) is 0 Å². The molecule has 4 heteroatoms. The third kappa shape index (κ3) is 2.75. The first-order valence-electron chi connectivity index (χ1n) is 4.82. The summed E-state index contributed by atoms with van der Waals surface area (Å²) < 4.78 is 1.24. The molecule has 1 aromatic heterocycles. The van der Waals surface area contributed by atoms with Crippen LogP contribution in [0.25, 0.3) is 0 Å². The molecule has 0 radical (unpaired) electrons. The van der Waals surface area contributed by atoms with Crippen LogP contribution in [0.5, 0.6) is 0 Å². The number of hydrogen-bond donors (Lipinski definition) is 0.